The number of hydrogen-bond donors (Lipinski definition) is 1. The fourth-order valence-electron chi connectivity index (χ4n) is 4.55. The molecule has 0 bridgehead atoms. The second kappa shape index (κ2) is 13.4. The first-order valence-corrected chi connectivity index (χ1v) is 14.4. The van der Waals surface area contributed by atoms with Crippen molar-refractivity contribution in [3.63, 3.8) is 0 Å². The van der Waals surface area contributed by atoms with E-state index in [2.05, 4.69) is 49.2 Å². The van der Waals surface area contributed by atoms with E-state index in [0.29, 0.717) is 5.88 Å². The Morgan fingerprint density at radius 1 is 0.917 bits per heavy atom. The zero-order valence-corrected chi connectivity index (χ0v) is 22.6. The van der Waals surface area contributed by atoms with Gasteiger partial charge in [0.05, 0.1) is 15.9 Å². The van der Waals surface area contributed by atoms with Crippen molar-refractivity contribution < 1.29 is 5.11 Å². The van der Waals surface area contributed by atoms with Gasteiger partial charge in [-0.3, -0.25) is 9.56 Å². The maximum absolute atomic E-state index is 11.2. The van der Waals surface area contributed by atoms with Crippen LogP contribution in [0, 0.1) is 6.92 Å². The minimum absolute atomic E-state index is 0.308. The number of unbranched alkanes of at least 4 members (excludes halogenated alkanes) is 9. The van der Waals surface area contributed by atoms with Crippen molar-refractivity contribution in [1.82, 2.24) is 4.57 Å². The third-order valence-electron chi connectivity index (χ3n) is 6.72. The summed E-state index contributed by atoms with van der Waals surface area (Å²) in [5, 5.41) is 13.2. The maximum atomic E-state index is 11.2. The number of benzene rings is 2. The Bertz CT molecular complexity index is 1350. The number of nitrogens with zero attached hydrogens (tertiary/aromatic N) is 3. The van der Waals surface area contributed by atoms with Crippen LogP contribution in [0.25, 0.3) is 12.2 Å². The van der Waals surface area contributed by atoms with Gasteiger partial charge < -0.3 is 5.11 Å². The average Bonchev–Trinajstić information content (AvgIpc) is 3.46. The molecule has 36 heavy (non-hydrogen) atoms. The summed E-state index contributed by atoms with van der Waals surface area (Å²) in [4.78, 5) is 10.9. The first kappa shape index (κ1) is 26.2. The molecule has 1 aromatic heterocycles. The third-order valence-corrected chi connectivity index (χ3v) is 7.73. The smallest absolute Gasteiger partial charge is 0.211 e. The third kappa shape index (κ3) is 7.30. The second-order valence-corrected chi connectivity index (χ2v) is 10.8. The molecular formula is C31H39N3OS. The average molecular weight is 502 g/mol. The molecule has 4 nitrogen and oxygen atoms in total. The summed E-state index contributed by atoms with van der Waals surface area (Å²) in [5.41, 5.74) is 3.24. The van der Waals surface area contributed by atoms with Crippen molar-refractivity contribution in [1.29, 1.82) is 0 Å². The van der Waals surface area contributed by atoms with Crippen LogP contribution in [0.5, 0.6) is 5.88 Å². The van der Waals surface area contributed by atoms with Crippen molar-refractivity contribution >= 4 is 29.2 Å². The summed E-state index contributed by atoms with van der Waals surface area (Å²) in [5.74, 6) is 0.308. The zero-order valence-electron chi connectivity index (χ0n) is 21.7. The molecule has 0 saturated carbocycles. The minimum Gasteiger partial charge on any atom is -0.493 e. The van der Waals surface area contributed by atoms with Gasteiger partial charge in [0.15, 0.2) is 4.80 Å². The molecule has 4 rings (SSSR count). The predicted octanol–water partition coefficient (Wildman–Crippen LogP) is 7.15. The minimum atomic E-state index is 0.308. The zero-order chi connectivity index (χ0) is 25.2. The lowest BCUT2D eigenvalue weighted by Crippen LogP contribution is -2.14. The van der Waals surface area contributed by atoms with Gasteiger partial charge in [-0.25, -0.2) is 4.99 Å². The lowest BCUT2D eigenvalue weighted by atomic mass is 10.1. The van der Waals surface area contributed by atoms with Crippen molar-refractivity contribution in [2.24, 2.45) is 9.98 Å². The summed E-state index contributed by atoms with van der Waals surface area (Å²) < 4.78 is 1.99. The topological polar surface area (TPSA) is 49.9 Å². The molecule has 0 atom stereocenters. The molecule has 3 aromatic rings. The molecule has 5 heteroatoms. The van der Waals surface area contributed by atoms with Crippen molar-refractivity contribution in [2.45, 2.75) is 84.6 Å². The SMILES string of the molecule is CCCCCCCCCCCCn1c(O)c(C=c2ccc3c(c2)C=CN=3)sc1=Nc1ccc(C)cc1. The monoisotopic (exact) mass is 501 g/mol. The second-order valence-electron chi connectivity index (χ2n) is 9.76. The van der Waals surface area contributed by atoms with E-state index in [0.717, 1.165) is 44.5 Å². The highest BCUT2D eigenvalue weighted by Gasteiger charge is 2.11. The largest absolute Gasteiger partial charge is 0.493 e. The van der Waals surface area contributed by atoms with Gasteiger partial charge in [0.25, 0.3) is 0 Å². The molecular weight excluding hydrogens is 462 g/mol. The van der Waals surface area contributed by atoms with Crippen LogP contribution in [0.2, 0.25) is 0 Å². The number of fused-ring (bicyclic) bond motifs is 1. The highest BCUT2D eigenvalue weighted by atomic mass is 32.1. The Morgan fingerprint density at radius 3 is 2.33 bits per heavy atom. The van der Waals surface area contributed by atoms with Crippen LogP contribution >= 0.6 is 11.3 Å². The molecule has 2 heterocycles. The fraction of sp³-hybridized carbons (Fsp3) is 0.419. The van der Waals surface area contributed by atoms with Gasteiger partial charge in [0.2, 0.25) is 5.88 Å². The van der Waals surface area contributed by atoms with Crippen molar-refractivity contribution in [3.8, 4) is 5.88 Å². The Kier molecular flexibility index (Phi) is 9.74. The van der Waals surface area contributed by atoms with Crippen LogP contribution in [0.3, 0.4) is 0 Å². The van der Waals surface area contributed by atoms with E-state index in [9.17, 15) is 5.11 Å². The predicted molar refractivity (Wildman–Crippen MR) is 152 cm³/mol. The quantitative estimate of drug-likeness (QED) is 0.248. The standard InChI is InChI=1S/C31H39N3OS/c1-3-4-5-6-7-8-9-10-11-12-21-34-30(35)29(23-25-15-18-28-26(22-25)19-20-32-28)36-31(34)33-27-16-13-24(2)14-17-27/h13-20,22-23,35H,3-12,21H2,1-2H3. The molecule has 0 saturated heterocycles. The summed E-state index contributed by atoms with van der Waals surface area (Å²) in [6.45, 7) is 5.13. The number of aromatic hydroxyl groups is 1. The lowest BCUT2D eigenvalue weighted by Gasteiger charge is -2.06. The number of aryl methyl sites for hydroxylation is 1. The normalized spacial score (nSPS) is 13.4. The molecule has 1 aliphatic rings. The molecule has 0 radical (unpaired) electrons. The fourth-order valence-corrected chi connectivity index (χ4v) is 5.58. The van der Waals surface area contributed by atoms with Crippen LogP contribution < -0.4 is 15.4 Å². The molecule has 0 aliphatic carbocycles. The van der Waals surface area contributed by atoms with E-state index in [1.54, 1.807) is 11.3 Å². The van der Waals surface area contributed by atoms with Gasteiger partial charge in [0, 0.05) is 18.3 Å². The van der Waals surface area contributed by atoms with E-state index >= 15 is 0 Å². The summed E-state index contributed by atoms with van der Waals surface area (Å²) in [7, 11) is 0. The maximum Gasteiger partial charge on any atom is 0.211 e. The van der Waals surface area contributed by atoms with Gasteiger partial charge >= 0.3 is 0 Å². The van der Waals surface area contributed by atoms with Crippen LogP contribution in [0.1, 0.15) is 87.1 Å². The van der Waals surface area contributed by atoms with Crippen molar-refractivity contribution in [2.75, 3.05) is 0 Å². The lowest BCUT2D eigenvalue weighted by molar-refractivity contribution is 0.403. The summed E-state index contributed by atoms with van der Waals surface area (Å²) in [6.07, 6.45) is 18.9. The van der Waals surface area contributed by atoms with E-state index in [1.807, 2.05) is 35.0 Å². The van der Waals surface area contributed by atoms with Gasteiger partial charge in [-0.05, 0) is 55.0 Å². The van der Waals surface area contributed by atoms with E-state index in [-0.39, 0.29) is 0 Å². The Morgan fingerprint density at radius 2 is 1.61 bits per heavy atom. The highest BCUT2D eigenvalue weighted by molar-refractivity contribution is 7.10. The number of rotatable bonds is 13. The van der Waals surface area contributed by atoms with Crippen LogP contribution in [0.4, 0.5) is 5.69 Å². The first-order valence-electron chi connectivity index (χ1n) is 13.5. The van der Waals surface area contributed by atoms with Gasteiger partial charge in [-0.15, -0.1) is 0 Å². The highest BCUT2D eigenvalue weighted by Crippen LogP contribution is 2.23. The Hall–Kier alpha value is -2.92. The molecule has 0 amide bonds. The molecule has 0 fully saturated rings. The van der Waals surface area contributed by atoms with E-state index < -0.39 is 0 Å². The molecule has 0 unspecified atom stereocenters. The molecule has 1 aliphatic heterocycles. The molecule has 2 aromatic carbocycles. The number of thiazole rings is 1. The number of hydrogen-bond acceptors (Lipinski definition) is 4. The Labute approximate surface area is 219 Å². The molecule has 190 valence electrons. The van der Waals surface area contributed by atoms with Crippen LogP contribution in [-0.2, 0) is 6.54 Å². The van der Waals surface area contributed by atoms with E-state index in [4.69, 9.17) is 4.99 Å². The summed E-state index contributed by atoms with van der Waals surface area (Å²) >= 11 is 1.54. The van der Waals surface area contributed by atoms with Crippen molar-refractivity contribution in [3.05, 3.63) is 80.0 Å². The van der Waals surface area contributed by atoms with Gasteiger partial charge in [-0.2, -0.15) is 0 Å². The summed E-state index contributed by atoms with van der Waals surface area (Å²) in [6, 6.07) is 14.4. The van der Waals surface area contributed by atoms with Gasteiger partial charge in [-0.1, -0.05) is 99.8 Å². The van der Waals surface area contributed by atoms with Crippen LogP contribution in [0.15, 0.2) is 58.6 Å². The van der Waals surface area contributed by atoms with Gasteiger partial charge in [0.1, 0.15) is 0 Å². The van der Waals surface area contributed by atoms with E-state index in [1.165, 1.54) is 63.4 Å². The molecule has 1 N–H and O–H groups in total. The number of aromatic nitrogens is 1. The molecule has 0 spiro atoms. The Balaban J connectivity index is 1.47. The first-order chi connectivity index (χ1) is 17.6. The van der Waals surface area contributed by atoms with Crippen LogP contribution in [-0.4, -0.2) is 9.67 Å².